The summed E-state index contributed by atoms with van der Waals surface area (Å²) < 4.78 is 4.94. The van der Waals surface area contributed by atoms with Gasteiger partial charge < -0.3 is 10.5 Å². The second-order valence-corrected chi connectivity index (χ2v) is 2.87. The first-order valence-electron chi connectivity index (χ1n) is 4.54. The van der Waals surface area contributed by atoms with Crippen molar-refractivity contribution >= 4 is 5.84 Å². The van der Waals surface area contributed by atoms with E-state index in [4.69, 9.17) is 10.5 Å². The van der Waals surface area contributed by atoms with Crippen LogP contribution >= 0.6 is 0 Å². The molecular weight excluding hydrogens is 178 g/mol. The van der Waals surface area contributed by atoms with Gasteiger partial charge in [0.25, 0.3) is 0 Å². The molecule has 1 heterocycles. The lowest BCUT2D eigenvalue weighted by atomic mass is 10.3. The van der Waals surface area contributed by atoms with E-state index in [-0.39, 0.29) is 0 Å². The van der Waals surface area contributed by atoms with E-state index in [0.29, 0.717) is 18.3 Å². The fourth-order valence-electron chi connectivity index (χ4n) is 0.930. The number of hydrogen-bond donors (Lipinski definition) is 1. The van der Waals surface area contributed by atoms with Gasteiger partial charge in [-0.3, -0.25) is 4.99 Å². The predicted molar refractivity (Wildman–Crippen MR) is 56.4 cm³/mol. The maximum atomic E-state index is 5.58. The Bertz CT molecular complexity index is 306. The molecule has 76 valence electrons. The van der Waals surface area contributed by atoms with E-state index < -0.39 is 0 Å². The Morgan fingerprint density at radius 1 is 1.57 bits per heavy atom. The first-order valence-corrected chi connectivity index (χ1v) is 4.54. The molecule has 1 aromatic heterocycles. The Morgan fingerprint density at radius 3 is 2.86 bits per heavy atom. The summed E-state index contributed by atoms with van der Waals surface area (Å²) in [7, 11) is 1.59. The zero-order chi connectivity index (χ0) is 10.4. The zero-order valence-electron chi connectivity index (χ0n) is 8.53. The first kappa shape index (κ1) is 10.5. The predicted octanol–water partition coefficient (Wildman–Crippen LogP) is 1.36. The van der Waals surface area contributed by atoms with E-state index in [1.54, 1.807) is 13.3 Å². The number of rotatable bonds is 4. The lowest BCUT2D eigenvalue weighted by Crippen LogP contribution is -2.09. The quantitative estimate of drug-likeness (QED) is 0.580. The highest BCUT2D eigenvalue weighted by Gasteiger charge is 1.94. The van der Waals surface area contributed by atoms with Crippen LogP contribution in [0.1, 0.15) is 18.9 Å². The summed E-state index contributed by atoms with van der Waals surface area (Å²) >= 11 is 0. The average Bonchev–Trinajstić information content (AvgIpc) is 2.26. The van der Waals surface area contributed by atoms with Crippen molar-refractivity contribution in [2.45, 2.75) is 19.9 Å². The van der Waals surface area contributed by atoms with Gasteiger partial charge in [-0.25, -0.2) is 4.98 Å². The van der Waals surface area contributed by atoms with Crippen LogP contribution in [0.15, 0.2) is 23.3 Å². The summed E-state index contributed by atoms with van der Waals surface area (Å²) in [5.41, 5.74) is 6.61. The summed E-state index contributed by atoms with van der Waals surface area (Å²) in [5.74, 6) is 1.28. The molecule has 1 rings (SSSR count). The summed E-state index contributed by atoms with van der Waals surface area (Å²) in [4.78, 5) is 8.25. The fraction of sp³-hybridized carbons (Fsp3) is 0.400. The third-order valence-electron chi connectivity index (χ3n) is 1.83. The van der Waals surface area contributed by atoms with Crippen LogP contribution in [0, 0.1) is 0 Å². The molecule has 0 amide bonds. The van der Waals surface area contributed by atoms with Crippen LogP contribution in [-0.4, -0.2) is 17.9 Å². The highest BCUT2D eigenvalue weighted by molar-refractivity contribution is 5.79. The van der Waals surface area contributed by atoms with Crippen LogP contribution in [0.5, 0.6) is 5.88 Å². The molecule has 14 heavy (non-hydrogen) atoms. The van der Waals surface area contributed by atoms with Gasteiger partial charge in [0.15, 0.2) is 0 Å². The minimum atomic E-state index is 0.580. The first-order chi connectivity index (χ1) is 6.76. The summed E-state index contributed by atoms with van der Waals surface area (Å²) in [6.07, 6.45) is 2.52. The molecule has 0 aliphatic carbocycles. The molecule has 0 aliphatic heterocycles. The Kier molecular flexibility index (Phi) is 3.91. The lowest BCUT2D eigenvalue weighted by molar-refractivity contribution is 0.397. The van der Waals surface area contributed by atoms with Crippen molar-refractivity contribution in [2.75, 3.05) is 7.11 Å². The molecule has 0 aromatic carbocycles. The number of nitrogens with two attached hydrogens (primary N) is 1. The van der Waals surface area contributed by atoms with Gasteiger partial charge in [0.2, 0.25) is 5.88 Å². The van der Waals surface area contributed by atoms with Crippen LogP contribution in [-0.2, 0) is 6.54 Å². The summed E-state index contributed by atoms with van der Waals surface area (Å²) in [5, 5.41) is 0. The molecular formula is C10H15N3O. The number of aliphatic imine (C=N–C) groups is 1. The van der Waals surface area contributed by atoms with Crippen molar-refractivity contribution in [1.82, 2.24) is 4.98 Å². The summed E-state index contributed by atoms with van der Waals surface area (Å²) in [6, 6.07) is 3.74. The fourth-order valence-corrected chi connectivity index (χ4v) is 0.930. The van der Waals surface area contributed by atoms with Gasteiger partial charge in [-0.05, 0) is 5.56 Å². The molecule has 0 saturated carbocycles. The van der Waals surface area contributed by atoms with Gasteiger partial charge >= 0.3 is 0 Å². The molecule has 0 aliphatic rings. The minimum absolute atomic E-state index is 0.580. The third-order valence-corrected chi connectivity index (χ3v) is 1.83. The van der Waals surface area contributed by atoms with E-state index in [1.807, 2.05) is 19.1 Å². The highest BCUT2D eigenvalue weighted by atomic mass is 16.5. The second-order valence-electron chi connectivity index (χ2n) is 2.87. The maximum Gasteiger partial charge on any atom is 0.212 e. The van der Waals surface area contributed by atoms with Crippen molar-refractivity contribution in [1.29, 1.82) is 0 Å². The van der Waals surface area contributed by atoms with Gasteiger partial charge in [-0.2, -0.15) is 0 Å². The average molecular weight is 193 g/mol. The molecule has 0 radical (unpaired) electrons. The van der Waals surface area contributed by atoms with Crippen LogP contribution in [0.25, 0.3) is 0 Å². The Hall–Kier alpha value is -1.58. The Morgan fingerprint density at radius 2 is 2.36 bits per heavy atom. The van der Waals surface area contributed by atoms with Gasteiger partial charge in [-0.15, -0.1) is 0 Å². The summed E-state index contributed by atoms with van der Waals surface area (Å²) in [6.45, 7) is 2.56. The molecule has 0 spiro atoms. The molecule has 1 aromatic rings. The number of pyridine rings is 1. The SMILES string of the molecule is CCC(N)=NCc1ccc(OC)nc1. The van der Waals surface area contributed by atoms with Crippen molar-refractivity contribution in [3.05, 3.63) is 23.9 Å². The van der Waals surface area contributed by atoms with E-state index in [0.717, 1.165) is 12.0 Å². The molecule has 0 atom stereocenters. The third kappa shape index (κ3) is 3.05. The van der Waals surface area contributed by atoms with E-state index in [9.17, 15) is 0 Å². The molecule has 0 fully saturated rings. The lowest BCUT2D eigenvalue weighted by Gasteiger charge is -2.00. The zero-order valence-corrected chi connectivity index (χ0v) is 8.53. The highest BCUT2D eigenvalue weighted by Crippen LogP contribution is 2.07. The molecule has 2 N–H and O–H groups in total. The second kappa shape index (κ2) is 5.21. The van der Waals surface area contributed by atoms with Gasteiger partial charge in [-0.1, -0.05) is 13.0 Å². The molecule has 0 unspecified atom stereocenters. The van der Waals surface area contributed by atoms with Crippen molar-refractivity contribution < 1.29 is 4.74 Å². The number of hydrogen-bond acceptors (Lipinski definition) is 3. The van der Waals surface area contributed by atoms with Crippen LogP contribution < -0.4 is 10.5 Å². The van der Waals surface area contributed by atoms with Crippen molar-refractivity contribution in [3.63, 3.8) is 0 Å². The van der Waals surface area contributed by atoms with Crippen LogP contribution in [0.2, 0.25) is 0 Å². The Balaban J connectivity index is 2.60. The van der Waals surface area contributed by atoms with Crippen LogP contribution in [0.3, 0.4) is 0 Å². The monoisotopic (exact) mass is 193 g/mol. The van der Waals surface area contributed by atoms with E-state index in [2.05, 4.69) is 9.98 Å². The molecule has 0 bridgehead atoms. The molecule has 4 nitrogen and oxygen atoms in total. The molecule has 4 heteroatoms. The Labute approximate surface area is 83.8 Å². The number of ether oxygens (including phenoxy) is 1. The number of nitrogens with zero attached hydrogens (tertiary/aromatic N) is 2. The number of methoxy groups -OCH3 is 1. The van der Waals surface area contributed by atoms with Crippen molar-refractivity contribution in [3.8, 4) is 5.88 Å². The molecule has 0 saturated heterocycles. The largest absolute Gasteiger partial charge is 0.481 e. The van der Waals surface area contributed by atoms with Crippen LogP contribution in [0.4, 0.5) is 0 Å². The maximum absolute atomic E-state index is 5.58. The van der Waals surface area contributed by atoms with E-state index in [1.165, 1.54) is 0 Å². The van der Waals surface area contributed by atoms with Crippen molar-refractivity contribution in [2.24, 2.45) is 10.7 Å². The normalized spacial score (nSPS) is 11.4. The van der Waals surface area contributed by atoms with Gasteiger partial charge in [0.05, 0.1) is 19.5 Å². The topological polar surface area (TPSA) is 60.5 Å². The smallest absolute Gasteiger partial charge is 0.212 e. The number of aromatic nitrogens is 1. The minimum Gasteiger partial charge on any atom is -0.481 e. The standard InChI is InChI=1S/C10H15N3O/c1-3-9(11)12-6-8-4-5-10(14-2)13-7-8/h4-5,7H,3,6H2,1-2H3,(H2,11,12). The number of amidine groups is 1. The van der Waals surface area contributed by atoms with E-state index >= 15 is 0 Å². The van der Waals surface area contributed by atoms with Gasteiger partial charge in [0.1, 0.15) is 0 Å². The van der Waals surface area contributed by atoms with Gasteiger partial charge in [0, 0.05) is 18.7 Å².